The van der Waals surface area contributed by atoms with E-state index in [1.807, 2.05) is 12.1 Å². The Hall–Kier alpha value is -1.52. The van der Waals surface area contributed by atoms with E-state index in [4.69, 9.17) is 11.6 Å². The normalized spacial score (nSPS) is 10.4. The first-order chi connectivity index (χ1) is 9.10. The summed E-state index contributed by atoms with van der Waals surface area (Å²) < 4.78 is 0. The number of aryl methyl sites for hydroxylation is 1. The van der Waals surface area contributed by atoms with Crippen LogP contribution in [0.4, 0.5) is 5.69 Å². The van der Waals surface area contributed by atoms with Crippen LogP contribution in [-0.4, -0.2) is 4.92 Å². The summed E-state index contributed by atoms with van der Waals surface area (Å²) in [6.45, 7) is 2.06. The molecular weight excluding hydrogens is 282 g/mol. The number of rotatable bonds is 4. The highest BCUT2D eigenvalue weighted by Gasteiger charge is 2.06. The minimum Gasteiger partial charge on any atom is -0.258 e. The lowest BCUT2D eigenvalue weighted by atomic mass is 10.2. The third-order valence-corrected chi connectivity index (χ3v) is 4.05. The molecule has 0 saturated carbocycles. The van der Waals surface area contributed by atoms with E-state index in [0.717, 1.165) is 26.8 Å². The highest BCUT2D eigenvalue weighted by atomic mass is 35.5. The molecular formula is C14H12ClNO2S. The third-order valence-electron chi connectivity index (χ3n) is 2.68. The van der Waals surface area contributed by atoms with Crippen LogP contribution in [0.15, 0.2) is 52.3 Å². The van der Waals surface area contributed by atoms with Gasteiger partial charge in [-0.25, -0.2) is 0 Å². The average molecular weight is 294 g/mol. The van der Waals surface area contributed by atoms with Crippen molar-refractivity contribution in [3.05, 3.63) is 63.2 Å². The molecule has 0 radical (unpaired) electrons. The van der Waals surface area contributed by atoms with Gasteiger partial charge >= 0.3 is 0 Å². The van der Waals surface area contributed by atoms with Gasteiger partial charge in [-0.3, -0.25) is 10.1 Å². The lowest BCUT2D eigenvalue weighted by molar-refractivity contribution is -0.384. The number of nitrogens with zero attached hydrogens (tertiary/aromatic N) is 1. The molecule has 0 saturated heterocycles. The molecule has 0 aliphatic carbocycles. The topological polar surface area (TPSA) is 43.1 Å². The fourth-order valence-electron chi connectivity index (χ4n) is 1.66. The summed E-state index contributed by atoms with van der Waals surface area (Å²) in [5.41, 5.74) is 1.21. The second-order valence-electron chi connectivity index (χ2n) is 3.96. The SMILES string of the molecule is CCc1cc(Sc2ccc([N+](=O)[O-])cc2)ccc1Cl. The van der Waals surface area contributed by atoms with Gasteiger partial charge < -0.3 is 0 Å². The van der Waals surface area contributed by atoms with Gasteiger partial charge in [-0.2, -0.15) is 0 Å². The van der Waals surface area contributed by atoms with Gasteiger partial charge in [0.15, 0.2) is 0 Å². The zero-order chi connectivity index (χ0) is 13.8. The van der Waals surface area contributed by atoms with Crippen molar-refractivity contribution in [3.8, 4) is 0 Å². The van der Waals surface area contributed by atoms with Crippen LogP contribution in [0.3, 0.4) is 0 Å². The molecule has 0 bridgehead atoms. The zero-order valence-corrected chi connectivity index (χ0v) is 11.9. The summed E-state index contributed by atoms with van der Waals surface area (Å²) in [6.07, 6.45) is 0.882. The van der Waals surface area contributed by atoms with Crippen LogP contribution < -0.4 is 0 Å². The van der Waals surface area contributed by atoms with Crippen molar-refractivity contribution < 1.29 is 4.92 Å². The number of nitro benzene ring substituents is 1. The van der Waals surface area contributed by atoms with Crippen molar-refractivity contribution in [2.75, 3.05) is 0 Å². The van der Waals surface area contributed by atoms with Crippen LogP contribution in [-0.2, 0) is 6.42 Å². The van der Waals surface area contributed by atoms with E-state index < -0.39 is 4.92 Å². The predicted octanol–water partition coefficient (Wildman–Crippen LogP) is 4.96. The van der Waals surface area contributed by atoms with Crippen molar-refractivity contribution in [2.24, 2.45) is 0 Å². The Kier molecular flexibility index (Phi) is 4.45. The van der Waals surface area contributed by atoms with Crippen molar-refractivity contribution in [1.29, 1.82) is 0 Å². The summed E-state index contributed by atoms with van der Waals surface area (Å²) >= 11 is 7.64. The first-order valence-electron chi connectivity index (χ1n) is 5.81. The molecule has 5 heteroatoms. The van der Waals surface area contributed by atoms with Crippen LogP contribution >= 0.6 is 23.4 Å². The average Bonchev–Trinajstić information content (AvgIpc) is 2.41. The lowest BCUT2D eigenvalue weighted by Crippen LogP contribution is -1.87. The highest BCUT2D eigenvalue weighted by Crippen LogP contribution is 2.31. The van der Waals surface area contributed by atoms with Gasteiger partial charge in [-0.1, -0.05) is 30.3 Å². The maximum Gasteiger partial charge on any atom is 0.269 e. The number of halogens is 1. The zero-order valence-electron chi connectivity index (χ0n) is 10.3. The van der Waals surface area contributed by atoms with E-state index in [9.17, 15) is 10.1 Å². The quantitative estimate of drug-likeness (QED) is 0.591. The van der Waals surface area contributed by atoms with Gasteiger partial charge in [0.05, 0.1) is 4.92 Å². The summed E-state index contributed by atoms with van der Waals surface area (Å²) in [5.74, 6) is 0. The Morgan fingerprint density at radius 2 is 1.79 bits per heavy atom. The van der Waals surface area contributed by atoms with Gasteiger partial charge in [0, 0.05) is 26.9 Å². The van der Waals surface area contributed by atoms with Gasteiger partial charge in [0.25, 0.3) is 5.69 Å². The molecule has 3 nitrogen and oxygen atoms in total. The molecule has 0 amide bonds. The molecule has 0 aliphatic rings. The summed E-state index contributed by atoms with van der Waals surface area (Å²) in [5, 5.41) is 11.3. The summed E-state index contributed by atoms with van der Waals surface area (Å²) in [6, 6.07) is 12.4. The molecule has 0 aliphatic heterocycles. The maximum absolute atomic E-state index is 10.6. The minimum atomic E-state index is -0.397. The Balaban J connectivity index is 2.19. The van der Waals surface area contributed by atoms with E-state index in [-0.39, 0.29) is 5.69 Å². The molecule has 2 aromatic rings. The standard InChI is InChI=1S/C14H12ClNO2S/c1-2-10-9-13(7-8-14(10)15)19-12-5-3-11(4-6-12)16(17)18/h3-9H,2H2,1H3. The van der Waals surface area contributed by atoms with E-state index in [2.05, 4.69) is 13.0 Å². The number of non-ortho nitro benzene ring substituents is 1. The number of hydrogen-bond acceptors (Lipinski definition) is 3. The van der Waals surface area contributed by atoms with Gasteiger partial charge in [0.1, 0.15) is 0 Å². The molecule has 0 heterocycles. The molecule has 0 N–H and O–H groups in total. The monoisotopic (exact) mass is 293 g/mol. The largest absolute Gasteiger partial charge is 0.269 e. The fourth-order valence-corrected chi connectivity index (χ4v) is 2.79. The Bertz CT molecular complexity index is 599. The summed E-state index contributed by atoms with van der Waals surface area (Å²) in [7, 11) is 0. The maximum atomic E-state index is 10.6. The van der Waals surface area contributed by atoms with E-state index in [0.29, 0.717) is 0 Å². The summed E-state index contributed by atoms with van der Waals surface area (Å²) in [4.78, 5) is 12.2. The van der Waals surface area contributed by atoms with Crippen LogP contribution in [0.5, 0.6) is 0 Å². The van der Waals surface area contributed by atoms with Crippen LogP contribution in [0.1, 0.15) is 12.5 Å². The van der Waals surface area contributed by atoms with E-state index in [1.165, 1.54) is 12.1 Å². The minimum absolute atomic E-state index is 0.106. The predicted molar refractivity (Wildman–Crippen MR) is 78.0 cm³/mol. The van der Waals surface area contributed by atoms with E-state index >= 15 is 0 Å². The fraction of sp³-hybridized carbons (Fsp3) is 0.143. The van der Waals surface area contributed by atoms with Gasteiger partial charge in [-0.15, -0.1) is 0 Å². The number of nitro groups is 1. The molecule has 19 heavy (non-hydrogen) atoms. The molecule has 98 valence electrons. The second kappa shape index (κ2) is 6.08. The van der Waals surface area contributed by atoms with Crippen LogP contribution in [0, 0.1) is 10.1 Å². The lowest BCUT2D eigenvalue weighted by Gasteiger charge is -2.05. The Morgan fingerprint density at radius 1 is 1.16 bits per heavy atom. The smallest absolute Gasteiger partial charge is 0.258 e. The highest BCUT2D eigenvalue weighted by molar-refractivity contribution is 7.99. The molecule has 0 aromatic heterocycles. The van der Waals surface area contributed by atoms with Crippen molar-refractivity contribution in [1.82, 2.24) is 0 Å². The van der Waals surface area contributed by atoms with Gasteiger partial charge in [0.2, 0.25) is 0 Å². The molecule has 2 aromatic carbocycles. The third kappa shape index (κ3) is 3.49. The van der Waals surface area contributed by atoms with Crippen LogP contribution in [0.2, 0.25) is 5.02 Å². The number of benzene rings is 2. The molecule has 2 rings (SSSR count). The van der Waals surface area contributed by atoms with Crippen LogP contribution in [0.25, 0.3) is 0 Å². The van der Waals surface area contributed by atoms with Crippen molar-refractivity contribution in [3.63, 3.8) is 0 Å². The second-order valence-corrected chi connectivity index (χ2v) is 5.51. The first kappa shape index (κ1) is 13.9. The van der Waals surface area contributed by atoms with Crippen molar-refractivity contribution >= 4 is 29.1 Å². The molecule has 0 fully saturated rings. The molecule has 0 unspecified atom stereocenters. The number of hydrogen-bond donors (Lipinski definition) is 0. The van der Waals surface area contributed by atoms with E-state index in [1.54, 1.807) is 23.9 Å². The first-order valence-corrected chi connectivity index (χ1v) is 7.00. The molecule has 0 atom stereocenters. The Morgan fingerprint density at radius 3 is 2.37 bits per heavy atom. The van der Waals surface area contributed by atoms with Crippen molar-refractivity contribution in [2.45, 2.75) is 23.1 Å². The van der Waals surface area contributed by atoms with Gasteiger partial charge in [-0.05, 0) is 42.3 Å². The Labute approximate surface area is 120 Å². The molecule has 0 spiro atoms.